The van der Waals surface area contributed by atoms with Gasteiger partial charge in [-0.25, -0.2) is 4.98 Å². The van der Waals surface area contributed by atoms with Crippen LogP contribution in [0.15, 0.2) is 5.38 Å². The van der Waals surface area contributed by atoms with Crippen molar-refractivity contribution in [2.45, 2.75) is 19.4 Å². The molecule has 2 rings (SSSR count). The smallest absolute Gasteiger partial charge is 0.185 e. The molecule has 0 aliphatic heterocycles. The second-order valence-electron chi connectivity index (χ2n) is 3.98. The zero-order chi connectivity index (χ0) is 9.97. The molecule has 0 unspecified atom stereocenters. The first-order valence-corrected chi connectivity index (χ1v) is 5.97. The highest BCUT2D eigenvalue weighted by Crippen LogP contribution is 2.31. The van der Waals surface area contributed by atoms with E-state index in [9.17, 15) is 0 Å². The second-order valence-corrected chi connectivity index (χ2v) is 4.81. The van der Waals surface area contributed by atoms with E-state index in [0.717, 1.165) is 23.3 Å². The van der Waals surface area contributed by atoms with E-state index in [0.29, 0.717) is 0 Å². The molecular weight excluding hydrogens is 194 g/mol. The van der Waals surface area contributed by atoms with Crippen LogP contribution >= 0.6 is 11.3 Å². The molecule has 0 aromatic carbocycles. The van der Waals surface area contributed by atoms with Gasteiger partial charge in [0.25, 0.3) is 0 Å². The van der Waals surface area contributed by atoms with Gasteiger partial charge in [0.2, 0.25) is 0 Å². The number of aromatic nitrogens is 1. The highest BCUT2D eigenvalue weighted by atomic mass is 32.1. The van der Waals surface area contributed by atoms with Gasteiger partial charge in [-0.3, -0.25) is 0 Å². The molecule has 1 fully saturated rings. The zero-order valence-electron chi connectivity index (χ0n) is 8.79. The van der Waals surface area contributed by atoms with E-state index < -0.39 is 0 Å². The molecule has 0 bridgehead atoms. The summed E-state index contributed by atoms with van der Waals surface area (Å²) in [5.41, 5.74) is 1.15. The van der Waals surface area contributed by atoms with Gasteiger partial charge in [-0.05, 0) is 25.8 Å². The lowest BCUT2D eigenvalue weighted by molar-refractivity contribution is 0.769. The van der Waals surface area contributed by atoms with Gasteiger partial charge in [0.1, 0.15) is 0 Å². The molecule has 1 aromatic rings. The molecule has 0 spiro atoms. The maximum atomic E-state index is 4.56. The van der Waals surface area contributed by atoms with E-state index in [-0.39, 0.29) is 0 Å². The molecule has 4 heteroatoms. The predicted molar refractivity (Wildman–Crippen MR) is 60.9 cm³/mol. The van der Waals surface area contributed by atoms with Gasteiger partial charge in [-0.1, -0.05) is 0 Å². The van der Waals surface area contributed by atoms with Crippen molar-refractivity contribution < 1.29 is 0 Å². The minimum atomic E-state index is 0.869. The van der Waals surface area contributed by atoms with E-state index in [1.807, 2.05) is 7.05 Å². The lowest BCUT2D eigenvalue weighted by Crippen LogP contribution is -2.19. The summed E-state index contributed by atoms with van der Waals surface area (Å²) in [6.45, 7) is 2.04. The molecule has 14 heavy (non-hydrogen) atoms. The Hall–Kier alpha value is -0.610. The van der Waals surface area contributed by atoms with Crippen molar-refractivity contribution in [1.82, 2.24) is 10.3 Å². The van der Waals surface area contributed by atoms with Crippen LogP contribution in [0.4, 0.5) is 5.13 Å². The number of nitrogens with one attached hydrogen (secondary N) is 1. The topological polar surface area (TPSA) is 28.2 Å². The number of hydrogen-bond acceptors (Lipinski definition) is 4. The van der Waals surface area contributed by atoms with Gasteiger partial charge in [0.15, 0.2) is 5.13 Å². The lowest BCUT2D eigenvalue weighted by atomic mass is 10.4. The minimum absolute atomic E-state index is 0.869. The summed E-state index contributed by atoms with van der Waals surface area (Å²) in [5, 5.41) is 6.40. The lowest BCUT2D eigenvalue weighted by Gasteiger charge is -2.14. The second kappa shape index (κ2) is 4.28. The molecule has 1 saturated carbocycles. The zero-order valence-corrected chi connectivity index (χ0v) is 9.60. The van der Waals surface area contributed by atoms with Gasteiger partial charge in [0.05, 0.1) is 5.69 Å². The third-order valence-corrected chi connectivity index (χ3v) is 3.46. The van der Waals surface area contributed by atoms with Crippen LogP contribution in [0.1, 0.15) is 18.5 Å². The van der Waals surface area contributed by atoms with Crippen LogP contribution in [0.25, 0.3) is 0 Å². The van der Waals surface area contributed by atoms with Gasteiger partial charge in [-0.2, -0.15) is 0 Å². The third kappa shape index (κ3) is 2.45. The van der Waals surface area contributed by atoms with Crippen molar-refractivity contribution in [2.24, 2.45) is 5.92 Å². The minimum Gasteiger partial charge on any atom is -0.351 e. The Labute approximate surface area is 89.1 Å². The van der Waals surface area contributed by atoms with Gasteiger partial charge < -0.3 is 10.2 Å². The van der Waals surface area contributed by atoms with Crippen LogP contribution in [-0.4, -0.2) is 25.6 Å². The Balaban J connectivity index is 1.92. The van der Waals surface area contributed by atoms with Crippen LogP contribution in [0.2, 0.25) is 0 Å². The molecule has 0 amide bonds. The predicted octanol–water partition coefficient (Wildman–Crippen LogP) is 1.71. The molecule has 1 aliphatic rings. The summed E-state index contributed by atoms with van der Waals surface area (Å²) in [7, 11) is 4.09. The summed E-state index contributed by atoms with van der Waals surface area (Å²) < 4.78 is 0. The van der Waals surface area contributed by atoms with Crippen molar-refractivity contribution in [2.75, 3.05) is 25.5 Å². The Morgan fingerprint density at radius 2 is 2.43 bits per heavy atom. The van der Waals surface area contributed by atoms with Crippen LogP contribution in [0, 0.1) is 5.92 Å². The Morgan fingerprint density at radius 1 is 1.64 bits per heavy atom. The van der Waals surface area contributed by atoms with E-state index in [2.05, 4.69) is 27.6 Å². The fraction of sp³-hybridized carbons (Fsp3) is 0.700. The SMILES string of the molecule is CNCc1csc(N(C)CC2CC2)n1. The van der Waals surface area contributed by atoms with Crippen molar-refractivity contribution in [1.29, 1.82) is 0 Å². The largest absolute Gasteiger partial charge is 0.351 e. The number of anilines is 1. The van der Waals surface area contributed by atoms with Crippen LogP contribution in [-0.2, 0) is 6.54 Å². The summed E-state index contributed by atoms with van der Waals surface area (Å²) >= 11 is 1.74. The summed E-state index contributed by atoms with van der Waals surface area (Å²) in [6, 6.07) is 0. The standard InChI is InChI=1S/C10H17N3S/c1-11-5-9-7-14-10(12-9)13(2)6-8-3-4-8/h7-8,11H,3-6H2,1-2H3. The van der Waals surface area contributed by atoms with E-state index in [1.165, 1.54) is 19.4 Å². The van der Waals surface area contributed by atoms with E-state index in [4.69, 9.17) is 0 Å². The monoisotopic (exact) mass is 211 g/mol. The molecular formula is C10H17N3S. The molecule has 0 saturated heterocycles. The molecule has 1 heterocycles. The van der Waals surface area contributed by atoms with E-state index in [1.54, 1.807) is 11.3 Å². The normalized spacial score (nSPS) is 15.9. The maximum Gasteiger partial charge on any atom is 0.185 e. The summed E-state index contributed by atoms with van der Waals surface area (Å²) in [4.78, 5) is 6.84. The first-order valence-electron chi connectivity index (χ1n) is 5.09. The van der Waals surface area contributed by atoms with Crippen molar-refractivity contribution in [3.63, 3.8) is 0 Å². The molecule has 78 valence electrons. The molecule has 0 radical (unpaired) electrons. The van der Waals surface area contributed by atoms with Gasteiger partial charge >= 0.3 is 0 Å². The average molecular weight is 211 g/mol. The van der Waals surface area contributed by atoms with Crippen molar-refractivity contribution in [3.8, 4) is 0 Å². The Bertz CT molecular complexity index is 293. The van der Waals surface area contributed by atoms with E-state index >= 15 is 0 Å². The Morgan fingerprint density at radius 3 is 3.07 bits per heavy atom. The number of nitrogens with zero attached hydrogens (tertiary/aromatic N) is 2. The fourth-order valence-electron chi connectivity index (χ4n) is 1.50. The molecule has 1 N–H and O–H groups in total. The fourth-order valence-corrected chi connectivity index (χ4v) is 2.30. The van der Waals surface area contributed by atoms with Crippen LogP contribution < -0.4 is 10.2 Å². The highest BCUT2D eigenvalue weighted by Gasteiger charge is 2.23. The van der Waals surface area contributed by atoms with Crippen LogP contribution in [0.3, 0.4) is 0 Å². The van der Waals surface area contributed by atoms with Gasteiger partial charge in [-0.15, -0.1) is 11.3 Å². The molecule has 3 nitrogen and oxygen atoms in total. The maximum absolute atomic E-state index is 4.56. The molecule has 1 aliphatic carbocycles. The first kappa shape index (κ1) is 9.93. The molecule has 0 atom stereocenters. The highest BCUT2D eigenvalue weighted by molar-refractivity contribution is 7.13. The number of hydrogen-bond donors (Lipinski definition) is 1. The van der Waals surface area contributed by atoms with Crippen molar-refractivity contribution >= 4 is 16.5 Å². The van der Waals surface area contributed by atoms with Gasteiger partial charge in [0, 0.05) is 25.5 Å². The number of rotatable bonds is 5. The van der Waals surface area contributed by atoms with Crippen LogP contribution in [0.5, 0.6) is 0 Å². The summed E-state index contributed by atoms with van der Waals surface area (Å²) in [5.74, 6) is 0.927. The third-order valence-electron chi connectivity index (χ3n) is 2.45. The quantitative estimate of drug-likeness (QED) is 0.803. The number of thiazole rings is 1. The molecule has 1 aromatic heterocycles. The Kier molecular flexibility index (Phi) is 3.03. The van der Waals surface area contributed by atoms with Crippen molar-refractivity contribution in [3.05, 3.63) is 11.1 Å². The average Bonchev–Trinajstić information content (AvgIpc) is 2.83. The summed E-state index contributed by atoms with van der Waals surface area (Å²) in [6.07, 6.45) is 2.80. The first-order chi connectivity index (χ1) is 6.79.